The molecule has 0 saturated carbocycles. The average Bonchev–Trinajstić information content (AvgIpc) is 2.18. The Kier molecular flexibility index (Phi) is 3.63. The first kappa shape index (κ1) is 11.5. The molecule has 15 heavy (non-hydrogen) atoms. The van der Waals surface area contributed by atoms with Gasteiger partial charge in [0.2, 0.25) is 0 Å². The molecule has 0 aliphatic heterocycles. The number of benzene rings is 1. The molecule has 0 spiro atoms. The predicted octanol–water partition coefficient (Wildman–Crippen LogP) is 1.67. The van der Waals surface area contributed by atoms with Gasteiger partial charge in [-0.2, -0.15) is 0 Å². The van der Waals surface area contributed by atoms with Crippen LogP contribution >= 0.6 is 0 Å². The van der Waals surface area contributed by atoms with Crippen molar-refractivity contribution in [2.45, 2.75) is 19.4 Å². The first-order valence-corrected chi connectivity index (χ1v) is 4.74. The fourth-order valence-electron chi connectivity index (χ4n) is 1.31. The summed E-state index contributed by atoms with van der Waals surface area (Å²) in [5.74, 6) is -0.976. The molecule has 0 aromatic heterocycles. The number of carbonyl (C=O) groups is 1. The average molecular weight is 205 g/mol. The highest BCUT2D eigenvalue weighted by molar-refractivity contribution is 5.73. The van der Waals surface area contributed by atoms with Gasteiger partial charge in [0.15, 0.2) is 0 Å². The van der Waals surface area contributed by atoms with E-state index in [0.29, 0.717) is 6.42 Å². The summed E-state index contributed by atoms with van der Waals surface area (Å²) in [5.41, 5.74) is 8.35. The molecule has 0 heterocycles. The first-order valence-electron chi connectivity index (χ1n) is 4.74. The van der Waals surface area contributed by atoms with Gasteiger partial charge in [0.25, 0.3) is 0 Å². The van der Waals surface area contributed by atoms with Gasteiger partial charge < -0.3 is 10.8 Å². The van der Waals surface area contributed by atoms with Gasteiger partial charge in [-0.15, -0.1) is 0 Å². The lowest BCUT2D eigenvalue weighted by atomic mass is 10.0. The smallest absolute Gasteiger partial charge is 0.320 e. The maximum Gasteiger partial charge on any atom is 0.320 e. The van der Waals surface area contributed by atoms with E-state index in [9.17, 15) is 4.79 Å². The third-order valence-corrected chi connectivity index (χ3v) is 2.19. The molecular formula is C12H15NO2. The van der Waals surface area contributed by atoms with Crippen molar-refractivity contribution in [2.24, 2.45) is 5.73 Å². The van der Waals surface area contributed by atoms with Crippen LogP contribution in [-0.2, 0) is 11.2 Å². The SMILES string of the molecule is C=C(C)c1cccc(C[C@H](N)C(=O)O)c1. The molecule has 3 N–H and O–H groups in total. The van der Waals surface area contributed by atoms with E-state index in [1.165, 1.54) is 0 Å². The molecule has 1 atom stereocenters. The summed E-state index contributed by atoms with van der Waals surface area (Å²) >= 11 is 0. The van der Waals surface area contributed by atoms with Crippen LogP contribution in [0.25, 0.3) is 5.57 Å². The Hall–Kier alpha value is -1.61. The molecule has 1 aromatic carbocycles. The van der Waals surface area contributed by atoms with Crippen LogP contribution in [0.4, 0.5) is 0 Å². The lowest BCUT2D eigenvalue weighted by Gasteiger charge is -2.08. The van der Waals surface area contributed by atoms with E-state index in [4.69, 9.17) is 10.8 Å². The second kappa shape index (κ2) is 4.75. The highest BCUT2D eigenvalue weighted by atomic mass is 16.4. The first-order chi connectivity index (χ1) is 7.00. The minimum Gasteiger partial charge on any atom is -0.480 e. The van der Waals surface area contributed by atoms with Crippen molar-refractivity contribution in [1.29, 1.82) is 0 Å². The van der Waals surface area contributed by atoms with E-state index < -0.39 is 12.0 Å². The summed E-state index contributed by atoms with van der Waals surface area (Å²) in [6, 6.07) is 6.78. The summed E-state index contributed by atoms with van der Waals surface area (Å²) in [6.45, 7) is 5.75. The van der Waals surface area contributed by atoms with Crippen LogP contribution in [0.1, 0.15) is 18.1 Å². The number of carboxylic acids is 1. The Morgan fingerprint density at radius 1 is 1.60 bits per heavy atom. The minimum absolute atomic E-state index is 0.344. The zero-order chi connectivity index (χ0) is 11.4. The van der Waals surface area contributed by atoms with Gasteiger partial charge in [-0.05, 0) is 24.5 Å². The Morgan fingerprint density at radius 2 is 2.27 bits per heavy atom. The molecule has 3 heteroatoms. The number of hydrogen-bond donors (Lipinski definition) is 2. The van der Waals surface area contributed by atoms with Crippen LogP contribution in [0.5, 0.6) is 0 Å². The third kappa shape index (κ3) is 3.22. The van der Waals surface area contributed by atoms with Crippen molar-refractivity contribution in [2.75, 3.05) is 0 Å². The van der Waals surface area contributed by atoms with Gasteiger partial charge >= 0.3 is 5.97 Å². The monoisotopic (exact) mass is 205 g/mol. The van der Waals surface area contributed by atoms with Crippen molar-refractivity contribution in [3.63, 3.8) is 0 Å². The van der Waals surface area contributed by atoms with Gasteiger partial charge in [0, 0.05) is 0 Å². The summed E-state index contributed by atoms with van der Waals surface area (Å²) in [7, 11) is 0. The number of carboxylic acid groups (broad SMARTS) is 1. The maximum atomic E-state index is 10.6. The Bertz CT molecular complexity index is 385. The molecule has 0 aliphatic rings. The van der Waals surface area contributed by atoms with Crippen molar-refractivity contribution in [3.8, 4) is 0 Å². The summed E-state index contributed by atoms with van der Waals surface area (Å²) in [4.78, 5) is 10.6. The fraction of sp³-hybridized carbons (Fsp3) is 0.250. The minimum atomic E-state index is -0.976. The highest BCUT2D eigenvalue weighted by Crippen LogP contribution is 2.14. The summed E-state index contributed by atoms with van der Waals surface area (Å²) in [6.07, 6.45) is 0.344. The van der Waals surface area contributed by atoms with Gasteiger partial charge in [0.05, 0.1) is 0 Å². The van der Waals surface area contributed by atoms with Crippen LogP contribution in [0.15, 0.2) is 30.8 Å². The summed E-state index contributed by atoms with van der Waals surface area (Å²) in [5, 5.41) is 8.68. The molecule has 1 aromatic rings. The molecule has 0 saturated heterocycles. The molecule has 0 amide bonds. The van der Waals surface area contributed by atoms with Crippen LogP contribution in [0.2, 0.25) is 0 Å². The number of aliphatic carboxylic acids is 1. The molecular weight excluding hydrogens is 190 g/mol. The maximum absolute atomic E-state index is 10.6. The van der Waals surface area contributed by atoms with Crippen LogP contribution < -0.4 is 5.73 Å². The molecule has 80 valence electrons. The Balaban J connectivity index is 2.82. The van der Waals surface area contributed by atoms with E-state index in [0.717, 1.165) is 16.7 Å². The number of allylic oxidation sites excluding steroid dienone is 1. The third-order valence-electron chi connectivity index (χ3n) is 2.19. The zero-order valence-electron chi connectivity index (χ0n) is 8.73. The molecule has 1 rings (SSSR count). The molecule has 3 nitrogen and oxygen atoms in total. The second-order valence-corrected chi connectivity index (χ2v) is 3.63. The standard InChI is InChI=1S/C12H15NO2/c1-8(2)10-5-3-4-9(6-10)7-11(13)12(14)15/h3-6,11H,1,7,13H2,2H3,(H,14,15)/t11-/m0/s1. The topological polar surface area (TPSA) is 63.3 Å². The lowest BCUT2D eigenvalue weighted by Crippen LogP contribution is -2.32. The van der Waals surface area contributed by atoms with Gasteiger partial charge in [-0.1, -0.05) is 36.4 Å². The molecule has 0 radical (unpaired) electrons. The second-order valence-electron chi connectivity index (χ2n) is 3.63. The molecule has 0 bridgehead atoms. The molecule has 0 unspecified atom stereocenters. The number of nitrogens with two attached hydrogens (primary N) is 1. The Morgan fingerprint density at radius 3 is 2.80 bits per heavy atom. The van der Waals surface area contributed by atoms with Crippen LogP contribution in [-0.4, -0.2) is 17.1 Å². The predicted molar refractivity (Wildman–Crippen MR) is 60.5 cm³/mol. The van der Waals surface area contributed by atoms with E-state index in [2.05, 4.69) is 6.58 Å². The quantitative estimate of drug-likeness (QED) is 0.786. The van der Waals surface area contributed by atoms with Crippen molar-refractivity contribution >= 4 is 11.5 Å². The molecule has 0 fully saturated rings. The number of hydrogen-bond acceptors (Lipinski definition) is 2. The largest absolute Gasteiger partial charge is 0.480 e. The van der Waals surface area contributed by atoms with Gasteiger partial charge in [-0.3, -0.25) is 4.79 Å². The van der Waals surface area contributed by atoms with Gasteiger partial charge in [0.1, 0.15) is 6.04 Å². The van der Waals surface area contributed by atoms with Crippen LogP contribution in [0.3, 0.4) is 0 Å². The Labute approximate surface area is 89.2 Å². The van der Waals surface area contributed by atoms with Crippen molar-refractivity contribution < 1.29 is 9.90 Å². The van der Waals surface area contributed by atoms with Crippen LogP contribution in [0, 0.1) is 0 Å². The summed E-state index contributed by atoms with van der Waals surface area (Å²) < 4.78 is 0. The molecule has 0 aliphatic carbocycles. The zero-order valence-corrected chi connectivity index (χ0v) is 8.73. The van der Waals surface area contributed by atoms with Crippen molar-refractivity contribution in [1.82, 2.24) is 0 Å². The normalized spacial score (nSPS) is 12.1. The highest BCUT2D eigenvalue weighted by Gasteiger charge is 2.11. The van der Waals surface area contributed by atoms with E-state index in [-0.39, 0.29) is 0 Å². The lowest BCUT2D eigenvalue weighted by molar-refractivity contribution is -0.138. The van der Waals surface area contributed by atoms with E-state index in [1.807, 2.05) is 31.2 Å². The van der Waals surface area contributed by atoms with E-state index >= 15 is 0 Å². The van der Waals surface area contributed by atoms with Crippen molar-refractivity contribution in [3.05, 3.63) is 42.0 Å². The fourth-order valence-corrected chi connectivity index (χ4v) is 1.31. The van der Waals surface area contributed by atoms with E-state index in [1.54, 1.807) is 0 Å². The number of rotatable bonds is 4. The van der Waals surface area contributed by atoms with Gasteiger partial charge in [-0.25, -0.2) is 0 Å².